The number of ether oxygens (including phenoxy) is 1. The number of methoxy groups -OCH3 is 1. The minimum Gasteiger partial charge on any atom is -0.480 e. The summed E-state index contributed by atoms with van der Waals surface area (Å²) in [7, 11) is 3.39. The van der Waals surface area contributed by atoms with E-state index in [2.05, 4.69) is 24.9 Å². The van der Waals surface area contributed by atoms with Crippen LogP contribution in [-0.2, 0) is 31.0 Å². The van der Waals surface area contributed by atoms with Crippen LogP contribution in [0.3, 0.4) is 0 Å². The number of benzene rings is 1. The van der Waals surface area contributed by atoms with E-state index in [0.29, 0.717) is 28.0 Å². The van der Waals surface area contributed by atoms with Gasteiger partial charge in [-0.05, 0) is 24.1 Å². The number of hydrogen-bond donors (Lipinski definition) is 1. The van der Waals surface area contributed by atoms with Crippen molar-refractivity contribution in [2.24, 2.45) is 7.05 Å². The van der Waals surface area contributed by atoms with Gasteiger partial charge in [0, 0.05) is 48.8 Å². The van der Waals surface area contributed by atoms with E-state index in [4.69, 9.17) is 4.74 Å². The summed E-state index contributed by atoms with van der Waals surface area (Å²) >= 11 is 0. The lowest BCUT2D eigenvalue weighted by atomic mass is 10.0. The molecular weight excluding hydrogens is 535 g/mol. The van der Waals surface area contributed by atoms with Crippen molar-refractivity contribution in [3.63, 3.8) is 0 Å². The van der Waals surface area contributed by atoms with Crippen LogP contribution in [0.1, 0.15) is 22.5 Å². The fraction of sp³-hybridized carbons (Fsp3) is 0.207. The lowest BCUT2D eigenvalue weighted by Crippen LogP contribution is -2.37. The molecule has 0 fully saturated rings. The van der Waals surface area contributed by atoms with E-state index in [0.717, 1.165) is 11.3 Å². The predicted molar refractivity (Wildman–Crippen MR) is 145 cm³/mol. The van der Waals surface area contributed by atoms with E-state index < -0.39 is 11.9 Å². The van der Waals surface area contributed by atoms with Crippen molar-refractivity contribution in [3.8, 4) is 28.5 Å². The molecule has 0 aliphatic carbocycles. The molecule has 0 saturated carbocycles. The molecule has 1 amide bonds. The van der Waals surface area contributed by atoms with Gasteiger partial charge in [-0.25, -0.2) is 19.9 Å². The van der Waals surface area contributed by atoms with Crippen molar-refractivity contribution in [1.29, 1.82) is 0 Å². The zero-order valence-corrected chi connectivity index (χ0v) is 22.1. The second-order valence-electron chi connectivity index (χ2n) is 9.53. The molecule has 208 valence electrons. The van der Waals surface area contributed by atoms with Crippen LogP contribution < -0.4 is 4.74 Å². The van der Waals surface area contributed by atoms with Crippen molar-refractivity contribution in [2.45, 2.75) is 19.1 Å². The number of amides is 1. The van der Waals surface area contributed by atoms with E-state index >= 15 is 0 Å². The monoisotopic (exact) mass is 559 g/mol. The lowest BCUT2D eigenvalue weighted by Gasteiger charge is -2.29. The largest absolute Gasteiger partial charge is 0.480 e. The highest BCUT2D eigenvalue weighted by molar-refractivity contribution is 6.02. The number of hydrogen-bond acceptors (Lipinski definition) is 6. The molecule has 0 saturated heterocycles. The van der Waals surface area contributed by atoms with Gasteiger partial charge in [0.1, 0.15) is 12.0 Å². The molecule has 1 N–H and O–H groups in total. The number of carbonyl (C=O) groups is 1. The maximum absolute atomic E-state index is 13.9. The highest BCUT2D eigenvalue weighted by atomic mass is 19.4. The van der Waals surface area contributed by atoms with Crippen LogP contribution in [-0.4, -0.2) is 53.9 Å². The highest BCUT2D eigenvalue weighted by Crippen LogP contribution is 2.38. The normalized spacial score (nSPS) is 13.6. The average molecular weight is 560 g/mol. The SMILES string of the molecule is COc1ncnc2c1c(/C=C/C(=O)N1CCc3c(nc(-c4cc[nH]c4)nc3C(F)(F)F)C1)c(-c1ccccc1)n2C. The third-order valence-electron chi connectivity index (χ3n) is 7.10. The molecule has 1 aromatic carbocycles. The number of aromatic amines is 1. The van der Waals surface area contributed by atoms with E-state index in [-0.39, 0.29) is 42.5 Å². The third-order valence-corrected chi connectivity index (χ3v) is 7.10. The first kappa shape index (κ1) is 26.2. The summed E-state index contributed by atoms with van der Waals surface area (Å²) in [6, 6.07) is 11.2. The Labute approximate surface area is 232 Å². The summed E-state index contributed by atoms with van der Waals surface area (Å²) in [6.45, 7) is 0.0225. The summed E-state index contributed by atoms with van der Waals surface area (Å²) in [4.78, 5) is 34.6. The molecule has 0 atom stereocenters. The van der Waals surface area contributed by atoms with Crippen molar-refractivity contribution < 1.29 is 22.7 Å². The molecule has 12 heteroatoms. The highest BCUT2D eigenvalue weighted by Gasteiger charge is 2.39. The summed E-state index contributed by atoms with van der Waals surface area (Å²) in [5, 5.41) is 0.642. The Balaban J connectivity index is 1.37. The van der Waals surface area contributed by atoms with Crippen LogP contribution in [0.4, 0.5) is 13.2 Å². The van der Waals surface area contributed by atoms with Crippen molar-refractivity contribution >= 4 is 23.0 Å². The molecular formula is C29H24F3N7O2. The van der Waals surface area contributed by atoms with E-state index in [1.807, 2.05) is 41.9 Å². The van der Waals surface area contributed by atoms with E-state index in [9.17, 15) is 18.0 Å². The lowest BCUT2D eigenvalue weighted by molar-refractivity contribution is -0.142. The number of fused-ring (bicyclic) bond motifs is 2. The topological polar surface area (TPSA) is 102 Å². The second kappa shape index (κ2) is 10.2. The minimum atomic E-state index is -4.65. The van der Waals surface area contributed by atoms with Gasteiger partial charge in [-0.1, -0.05) is 30.3 Å². The number of rotatable bonds is 5. The molecule has 0 unspecified atom stereocenters. The Kier molecular flexibility index (Phi) is 6.52. The molecule has 1 aliphatic heterocycles. The van der Waals surface area contributed by atoms with E-state index in [1.54, 1.807) is 18.3 Å². The van der Waals surface area contributed by atoms with Crippen LogP contribution in [0.25, 0.3) is 39.8 Å². The number of nitrogens with one attached hydrogen (secondary N) is 1. The van der Waals surface area contributed by atoms with Gasteiger partial charge in [0.25, 0.3) is 0 Å². The van der Waals surface area contributed by atoms with Gasteiger partial charge in [-0.2, -0.15) is 13.2 Å². The number of aromatic nitrogens is 6. The molecule has 5 heterocycles. The van der Waals surface area contributed by atoms with Gasteiger partial charge in [0.2, 0.25) is 11.8 Å². The first-order chi connectivity index (χ1) is 19.8. The Morgan fingerprint density at radius 3 is 2.61 bits per heavy atom. The Hall–Kier alpha value is -5.00. The molecule has 0 radical (unpaired) electrons. The number of H-pyrrole nitrogens is 1. The smallest absolute Gasteiger partial charge is 0.433 e. The third kappa shape index (κ3) is 4.71. The quantitative estimate of drug-likeness (QED) is 0.303. The van der Waals surface area contributed by atoms with Gasteiger partial charge in [-0.3, -0.25) is 4.79 Å². The summed E-state index contributed by atoms with van der Waals surface area (Å²) in [6.07, 6.45) is 2.97. The number of alkyl halides is 3. The Bertz CT molecular complexity index is 1780. The zero-order chi connectivity index (χ0) is 28.7. The van der Waals surface area contributed by atoms with Crippen LogP contribution >= 0.6 is 0 Å². The molecule has 5 aromatic rings. The maximum Gasteiger partial charge on any atom is 0.433 e. The van der Waals surface area contributed by atoms with Crippen LogP contribution in [0.5, 0.6) is 5.88 Å². The molecule has 41 heavy (non-hydrogen) atoms. The van der Waals surface area contributed by atoms with Crippen molar-refractivity contribution in [3.05, 3.63) is 83.7 Å². The number of halogens is 3. The average Bonchev–Trinajstić information content (AvgIpc) is 3.62. The van der Waals surface area contributed by atoms with Gasteiger partial charge < -0.3 is 19.2 Å². The molecule has 6 rings (SSSR count). The summed E-state index contributed by atoms with van der Waals surface area (Å²) in [5.41, 5.74) is 2.71. The van der Waals surface area contributed by atoms with Crippen LogP contribution in [0.15, 0.2) is 61.2 Å². The molecule has 0 bridgehead atoms. The molecule has 0 spiro atoms. The maximum atomic E-state index is 13.9. The molecule has 4 aromatic heterocycles. The first-order valence-corrected chi connectivity index (χ1v) is 12.8. The Morgan fingerprint density at radius 2 is 1.90 bits per heavy atom. The van der Waals surface area contributed by atoms with Crippen LogP contribution in [0, 0.1) is 0 Å². The van der Waals surface area contributed by atoms with Gasteiger partial charge in [-0.15, -0.1) is 0 Å². The first-order valence-electron chi connectivity index (χ1n) is 12.8. The van der Waals surface area contributed by atoms with Crippen molar-refractivity contribution in [1.82, 2.24) is 34.4 Å². The van der Waals surface area contributed by atoms with Gasteiger partial charge in [0.05, 0.1) is 30.4 Å². The summed E-state index contributed by atoms with van der Waals surface area (Å²) in [5.74, 6) is -0.0455. The standard InChI is InChI=1S/C29H24F3N7O2/c1-38-24(17-6-4-3-5-7-17)20(23-27(38)34-16-35-28(23)41-2)8-9-22(40)39-13-11-19-21(15-39)36-26(18-10-12-33-14-18)37-25(19)29(30,31)32/h3-10,12,14,16,33H,11,13,15H2,1-2H3/b9-8+. The fourth-order valence-electron chi connectivity index (χ4n) is 5.22. The zero-order valence-electron chi connectivity index (χ0n) is 22.1. The predicted octanol–water partition coefficient (Wildman–Crippen LogP) is 5.05. The van der Waals surface area contributed by atoms with E-state index in [1.165, 1.54) is 30.6 Å². The van der Waals surface area contributed by atoms with Gasteiger partial charge in [0.15, 0.2) is 11.5 Å². The summed E-state index contributed by atoms with van der Waals surface area (Å²) < 4.78 is 49.2. The number of nitrogens with zero attached hydrogens (tertiary/aromatic N) is 6. The van der Waals surface area contributed by atoms with Crippen LogP contribution in [0.2, 0.25) is 0 Å². The second-order valence-corrected chi connectivity index (χ2v) is 9.53. The van der Waals surface area contributed by atoms with Gasteiger partial charge >= 0.3 is 6.18 Å². The van der Waals surface area contributed by atoms with Crippen molar-refractivity contribution in [2.75, 3.05) is 13.7 Å². The molecule has 1 aliphatic rings. The minimum absolute atomic E-state index is 0.0115. The number of carbonyl (C=O) groups excluding carboxylic acids is 1. The fourth-order valence-corrected chi connectivity index (χ4v) is 5.22. The molecule has 9 nitrogen and oxygen atoms in total. The number of aryl methyl sites for hydroxylation is 1. The Morgan fingerprint density at radius 1 is 1.10 bits per heavy atom.